The van der Waals surface area contributed by atoms with Crippen molar-refractivity contribution in [1.29, 1.82) is 0 Å². The van der Waals surface area contributed by atoms with Gasteiger partial charge in [-0.15, -0.1) is 0 Å². The van der Waals surface area contributed by atoms with Crippen LogP contribution in [-0.4, -0.2) is 63.7 Å². The quantitative estimate of drug-likeness (QED) is 0.485. The molecule has 0 bridgehead atoms. The standard InChI is InChI=1S/C26H32N6O3/c33-25(34)16-24(20-15-23(18-27-17-20)31-11-13-35-14-12-31)32-10-8-22(30-32)5-1-4-21-7-6-19-3-2-9-28-26(19)29-21/h6-8,10,15,17-18,24H,1-5,9,11-14,16H2,(H,28,29)(H,33,34)/t24-/m0/s1. The molecule has 0 aromatic carbocycles. The number of pyridine rings is 2. The number of nitrogens with zero attached hydrogens (tertiary/aromatic N) is 5. The average molecular weight is 477 g/mol. The van der Waals surface area contributed by atoms with Crippen LogP contribution >= 0.6 is 0 Å². The van der Waals surface area contributed by atoms with Crippen LogP contribution in [0.15, 0.2) is 42.9 Å². The number of aromatic nitrogens is 4. The summed E-state index contributed by atoms with van der Waals surface area (Å²) < 4.78 is 7.22. The van der Waals surface area contributed by atoms with Crippen molar-refractivity contribution in [3.63, 3.8) is 0 Å². The predicted octanol–water partition coefficient (Wildman–Crippen LogP) is 3.11. The summed E-state index contributed by atoms with van der Waals surface area (Å²) >= 11 is 0. The number of fused-ring (bicyclic) bond motifs is 1. The maximum atomic E-state index is 11.7. The number of carboxylic acid groups (broad SMARTS) is 1. The minimum absolute atomic E-state index is 0.0542. The third kappa shape index (κ3) is 5.79. The lowest BCUT2D eigenvalue weighted by Crippen LogP contribution is -2.36. The minimum Gasteiger partial charge on any atom is -0.481 e. The molecule has 3 aromatic heterocycles. The summed E-state index contributed by atoms with van der Waals surface area (Å²) in [5, 5.41) is 17.7. The van der Waals surface area contributed by atoms with Gasteiger partial charge < -0.3 is 20.1 Å². The average Bonchev–Trinajstić information content (AvgIpc) is 3.36. The van der Waals surface area contributed by atoms with Crippen molar-refractivity contribution in [3.8, 4) is 0 Å². The number of nitrogens with one attached hydrogen (secondary N) is 1. The van der Waals surface area contributed by atoms with Crippen LogP contribution in [0.3, 0.4) is 0 Å². The number of rotatable bonds is 9. The number of aliphatic carboxylic acids is 1. The highest BCUT2D eigenvalue weighted by atomic mass is 16.5. The number of anilines is 2. The first-order valence-electron chi connectivity index (χ1n) is 12.4. The van der Waals surface area contributed by atoms with Gasteiger partial charge in [0, 0.05) is 37.7 Å². The number of hydrogen-bond donors (Lipinski definition) is 2. The van der Waals surface area contributed by atoms with Crippen molar-refractivity contribution in [2.45, 2.75) is 44.6 Å². The summed E-state index contributed by atoms with van der Waals surface area (Å²) in [7, 11) is 0. The van der Waals surface area contributed by atoms with Gasteiger partial charge in [0.2, 0.25) is 0 Å². The highest BCUT2D eigenvalue weighted by Crippen LogP contribution is 2.26. The molecule has 9 nitrogen and oxygen atoms in total. The topological polar surface area (TPSA) is 105 Å². The Hall–Kier alpha value is -3.46. The minimum atomic E-state index is -0.865. The van der Waals surface area contributed by atoms with Gasteiger partial charge in [0.25, 0.3) is 0 Å². The summed E-state index contributed by atoms with van der Waals surface area (Å²) in [4.78, 5) is 23.1. The Morgan fingerprint density at radius 2 is 2.00 bits per heavy atom. The number of aryl methyl sites for hydroxylation is 3. The summed E-state index contributed by atoms with van der Waals surface area (Å²) in [6, 6.07) is 7.91. The smallest absolute Gasteiger partial charge is 0.305 e. The molecule has 35 heavy (non-hydrogen) atoms. The normalized spacial score (nSPS) is 16.4. The Morgan fingerprint density at radius 1 is 1.14 bits per heavy atom. The van der Waals surface area contributed by atoms with E-state index in [1.807, 2.05) is 24.5 Å². The molecule has 1 atom stereocenters. The maximum Gasteiger partial charge on any atom is 0.305 e. The van der Waals surface area contributed by atoms with Crippen LogP contribution in [0.5, 0.6) is 0 Å². The van der Waals surface area contributed by atoms with E-state index in [0.717, 1.165) is 80.2 Å². The van der Waals surface area contributed by atoms with Crippen LogP contribution in [0.4, 0.5) is 11.5 Å². The molecular weight excluding hydrogens is 444 g/mol. The van der Waals surface area contributed by atoms with E-state index in [1.54, 1.807) is 10.9 Å². The van der Waals surface area contributed by atoms with Gasteiger partial charge in [-0.05, 0) is 61.4 Å². The zero-order valence-electron chi connectivity index (χ0n) is 19.9. The monoisotopic (exact) mass is 476 g/mol. The third-order valence-electron chi connectivity index (χ3n) is 6.67. The fourth-order valence-electron chi connectivity index (χ4n) is 4.79. The van der Waals surface area contributed by atoms with E-state index in [2.05, 4.69) is 27.3 Å². The zero-order valence-corrected chi connectivity index (χ0v) is 19.9. The molecule has 2 aliphatic heterocycles. The number of morpholine rings is 1. The highest BCUT2D eigenvalue weighted by Gasteiger charge is 2.21. The van der Waals surface area contributed by atoms with Crippen LogP contribution in [0.2, 0.25) is 0 Å². The fourth-order valence-corrected chi connectivity index (χ4v) is 4.79. The van der Waals surface area contributed by atoms with Gasteiger partial charge in [0.05, 0.1) is 43.3 Å². The summed E-state index contributed by atoms with van der Waals surface area (Å²) in [6.07, 6.45) is 10.3. The zero-order chi connectivity index (χ0) is 24.0. The SMILES string of the molecule is O=C(O)C[C@@H](c1cncc(N2CCOCC2)c1)n1ccc(CCCc2ccc3c(n2)NCCC3)n1. The number of carboxylic acids is 1. The van der Waals surface area contributed by atoms with E-state index < -0.39 is 12.0 Å². The van der Waals surface area contributed by atoms with Crippen LogP contribution in [-0.2, 0) is 28.8 Å². The molecular formula is C26H32N6O3. The number of hydrogen-bond acceptors (Lipinski definition) is 7. The number of ether oxygens (including phenoxy) is 1. The van der Waals surface area contributed by atoms with E-state index in [1.165, 1.54) is 5.56 Å². The van der Waals surface area contributed by atoms with Crippen molar-refractivity contribution in [2.75, 3.05) is 43.1 Å². The predicted molar refractivity (Wildman–Crippen MR) is 133 cm³/mol. The van der Waals surface area contributed by atoms with E-state index in [4.69, 9.17) is 14.8 Å². The van der Waals surface area contributed by atoms with Gasteiger partial charge in [-0.25, -0.2) is 4.98 Å². The molecule has 1 saturated heterocycles. The lowest BCUT2D eigenvalue weighted by atomic mass is 10.1. The molecule has 2 aliphatic rings. The van der Waals surface area contributed by atoms with Gasteiger partial charge >= 0.3 is 5.97 Å². The molecule has 1 fully saturated rings. The molecule has 2 N–H and O–H groups in total. The Morgan fingerprint density at radius 3 is 2.86 bits per heavy atom. The van der Waals surface area contributed by atoms with Gasteiger partial charge in [-0.3, -0.25) is 14.5 Å². The van der Waals surface area contributed by atoms with Crippen LogP contribution in [0.25, 0.3) is 0 Å². The second kappa shape index (κ2) is 10.9. The molecule has 9 heteroatoms. The van der Waals surface area contributed by atoms with Crippen molar-refractivity contribution in [3.05, 3.63) is 65.4 Å². The van der Waals surface area contributed by atoms with Crippen molar-refractivity contribution >= 4 is 17.5 Å². The lowest BCUT2D eigenvalue weighted by Gasteiger charge is -2.29. The second-order valence-corrected chi connectivity index (χ2v) is 9.17. The van der Waals surface area contributed by atoms with Crippen LogP contribution in [0.1, 0.15) is 47.8 Å². The molecule has 0 amide bonds. The first-order chi connectivity index (χ1) is 17.2. The summed E-state index contributed by atoms with van der Waals surface area (Å²) in [5.41, 5.74) is 5.17. The summed E-state index contributed by atoms with van der Waals surface area (Å²) in [6.45, 7) is 3.96. The lowest BCUT2D eigenvalue weighted by molar-refractivity contribution is -0.137. The first-order valence-corrected chi connectivity index (χ1v) is 12.4. The fraction of sp³-hybridized carbons (Fsp3) is 0.462. The maximum absolute atomic E-state index is 11.7. The molecule has 0 spiro atoms. The van der Waals surface area contributed by atoms with E-state index in [0.29, 0.717) is 13.2 Å². The van der Waals surface area contributed by atoms with Crippen molar-refractivity contribution in [1.82, 2.24) is 19.7 Å². The Labute approximate surface area is 205 Å². The van der Waals surface area contributed by atoms with Gasteiger partial charge in [-0.2, -0.15) is 5.10 Å². The first kappa shape index (κ1) is 23.3. The second-order valence-electron chi connectivity index (χ2n) is 9.17. The summed E-state index contributed by atoms with van der Waals surface area (Å²) in [5.74, 6) is 0.165. The van der Waals surface area contributed by atoms with Gasteiger partial charge in [-0.1, -0.05) is 6.07 Å². The highest BCUT2D eigenvalue weighted by molar-refractivity contribution is 5.68. The van der Waals surface area contributed by atoms with E-state index in [9.17, 15) is 9.90 Å². The van der Waals surface area contributed by atoms with Crippen LogP contribution in [0, 0.1) is 0 Å². The molecule has 0 radical (unpaired) electrons. The molecule has 5 rings (SSSR count). The Balaban J connectivity index is 1.25. The van der Waals surface area contributed by atoms with E-state index in [-0.39, 0.29) is 6.42 Å². The van der Waals surface area contributed by atoms with E-state index >= 15 is 0 Å². The van der Waals surface area contributed by atoms with Crippen molar-refractivity contribution in [2.24, 2.45) is 0 Å². The van der Waals surface area contributed by atoms with Gasteiger partial charge in [0.15, 0.2) is 0 Å². The molecule has 184 valence electrons. The Bertz CT molecular complexity index is 1160. The molecule has 0 unspecified atom stereocenters. The molecule has 3 aromatic rings. The van der Waals surface area contributed by atoms with Crippen molar-refractivity contribution < 1.29 is 14.6 Å². The number of carbonyl (C=O) groups is 1. The molecule has 5 heterocycles. The Kier molecular flexibility index (Phi) is 7.23. The van der Waals surface area contributed by atoms with Gasteiger partial charge in [0.1, 0.15) is 5.82 Å². The molecule has 0 aliphatic carbocycles. The molecule has 0 saturated carbocycles. The van der Waals surface area contributed by atoms with Crippen LogP contribution < -0.4 is 10.2 Å². The largest absolute Gasteiger partial charge is 0.481 e. The third-order valence-corrected chi connectivity index (χ3v) is 6.67.